The van der Waals surface area contributed by atoms with Crippen molar-refractivity contribution in [2.45, 2.75) is 25.4 Å². The molecule has 2 saturated heterocycles. The highest BCUT2D eigenvalue weighted by molar-refractivity contribution is 6.00. The Bertz CT molecular complexity index is 1150. The van der Waals surface area contributed by atoms with Gasteiger partial charge in [0.05, 0.1) is 30.6 Å². The van der Waals surface area contributed by atoms with Crippen LogP contribution in [0.5, 0.6) is 5.88 Å². The largest absolute Gasteiger partial charge is 0.478 e. The van der Waals surface area contributed by atoms with E-state index in [1.54, 1.807) is 11.1 Å². The lowest BCUT2D eigenvalue weighted by Gasteiger charge is -2.38. The number of methoxy groups -OCH3 is 1. The van der Waals surface area contributed by atoms with Crippen molar-refractivity contribution in [3.05, 3.63) is 30.2 Å². The van der Waals surface area contributed by atoms with Crippen LogP contribution in [0.1, 0.15) is 25.0 Å². The number of piperidine rings is 1. The number of hydrogen-bond donors (Lipinski definition) is 1. The van der Waals surface area contributed by atoms with Gasteiger partial charge in [-0.1, -0.05) is 0 Å². The third-order valence-electron chi connectivity index (χ3n) is 6.33. The maximum atomic E-state index is 13.2. The Hall–Kier alpha value is -3.44. The molecule has 0 bridgehead atoms. The van der Waals surface area contributed by atoms with E-state index in [1.807, 2.05) is 0 Å². The number of carbonyl (C=O) groups excluding carboxylic acids is 1. The standard InChI is InChI=1S/C20H20F3N7O2/c1-32-17-15-16(27-28-17)26-14(11-25-15)29-7-4-19(5-8-29)6-9-30(18(19)31)12-2-3-13(24-10-12)20(21,22)23/h2-3,10-11H,4-9H2,1H3,(H,26,27,28). The first kappa shape index (κ1) is 20.5. The fraction of sp³-hybridized carbons (Fsp3) is 0.450. The van der Waals surface area contributed by atoms with Crippen molar-refractivity contribution in [2.24, 2.45) is 5.41 Å². The number of carbonyl (C=O) groups is 1. The van der Waals surface area contributed by atoms with Gasteiger partial charge in [-0.05, 0) is 31.4 Å². The highest BCUT2D eigenvalue weighted by atomic mass is 19.4. The Morgan fingerprint density at radius 1 is 1.09 bits per heavy atom. The molecule has 5 heterocycles. The summed E-state index contributed by atoms with van der Waals surface area (Å²) in [6, 6.07) is 2.22. The maximum absolute atomic E-state index is 13.2. The number of anilines is 2. The Morgan fingerprint density at radius 2 is 1.84 bits per heavy atom. The molecule has 0 unspecified atom stereocenters. The first-order valence-corrected chi connectivity index (χ1v) is 10.2. The van der Waals surface area contributed by atoms with Crippen LogP contribution in [0.2, 0.25) is 0 Å². The van der Waals surface area contributed by atoms with Gasteiger partial charge in [0.2, 0.25) is 5.91 Å². The number of nitrogens with zero attached hydrogens (tertiary/aromatic N) is 6. The molecular weight excluding hydrogens is 427 g/mol. The number of fused-ring (bicyclic) bond motifs is 1. The normalized spacial score (nSPS) is 18.7. The van der Waals surface area contributed by atoms with Crippen LogP contribution in [0.3, 0.4) is 0 Å². The first-order chi connectivity index (χ1) is 15.3. The van der Waals surface area contributed by atoms with E-state index >= 15 is 0 Å². The minimum Gasteiger partial charge on any atom is -0.478 e. The van der Waals surface area contributed by atoms with E-state index in [0.717, 1.165) is 12.3 Å². The van der Waals surface area contributed by atoms with Crippen LogP contribution in [0, 0.1) is 5.41 Å². The van der Waals surface area contributed by atoms with E-state index in [2.05, 4.69) is 30.0 Å². The number of hydrogen-bond acceptors (Lipinski definition) is 7. The third kappa shape index (κ3) is 3.30. The molecule has 5 rings (SSSR count). The van der Waals surface area contributed by atoms with Crippen LogP contribution in [-0.4, -0.2) is 57.8 Å². The minimum atomic E-state index is -4.51. The second kappa shape index (κ2) is 7.31. The van der Waals surface area contributed by atoms with Crippen LogP contribution in [0.4, 0.5) is 24.7 Å². The number of ether oxygens (including phenoxy) is 1. The monoisotopic (exact) mass is 447 g/mol. The molecule has 0 aromatic carbocycles. The second-order valence-electron chi connectivity index (χ2n) is 8.03. The maximum Gasteiger partial charge on any atom is 0.433 e. The lowest BCUT2D eigenvalue weighted by Crippen LogP contribution is -2.45. The highest BCUT2D eigenvalue weighted by Gasteiger charge is 2.49. The molecule has 32 heavy (non-hydrogen) atoms. The first-order valence-electron chi connectivity index (χ1n) is 10.2. The molecule has 0 saturated carbocycles. The highest BCUT2D eigenvalue weighted by Crippen LogP contribution is 2.44. The van der Waals surface area contributed by atoms with Gasteiger partial charge in [-0.25, -0.2) is 15.0 Å². The summed E-state index contributed by atoms with van der Waals surface area (Å²) in [5.41, 5.74) is -0.0155. The zero-order chi connectivity index (χ0) is 22.5. The molecule has 9 nitrogen and oxygen atoms in total. The topological polar surface area (TPSA) is 100 Å². The number of halogens is 3. The minimum absolute atomic E-state index is 0.0569. The Labute approximate surface area is 180 Å². The summed E-state index contributed by atoms with van der Waals surface area (Å²) in [6.45, 7) is 1.71. The van der Waals surface area contributed by atoms with E-state index in [9.17, 15) is 18.0 Å². The molecule has 3 aromatic heterocycles. The van der Waals surface area contributed by atoms with Crippen molar-refractivity contribution in [3.8, 4) is 5.88 Å². The Balaban J connectivity index is 1.28. The summed E-state index contributed by atoms with van der Waals surface area (Å²) in [7, 11) is 1.51. The van der Waals surface area contributed by atoms with Crippen LogP contribution in [0.15, 0.2) is 24.5 Å². The van der Waals surface area contributed by atoms with Crippen molar-refractivity contribution in [2.75, 3.05) is 36.5 Å². The molecule has 3 aromatic rings. The molecule has 2 fully saturated rings. The van der Waals surface area contributed by atoms with Crippen molar-refractivity contribution >= 4 is 28.6 Å². The van der Waals surface area contributed by atoms with Gasteiger partial charge in [0, 0.05) is 19.6 Å². The Morgan fingerprint density at radius 3 is 2.50 bits per heavy atom. The fourth-order valence-electron chi connectivity index (χ4n) is 4.47. The van der Waals surface area contributed by atoms with E-state index in [-0.39, 0.29) is 5.91 Å². The molecule has 1 amide bonds. The number of aromatic amines is 1. The summed E-state index contributed by atoms with van der Waals surface area (Å²) in [5, 5.41) is 6.81. The van der Waals surface area contributed by atoms with Crippen molar-refractivity contribution < 1.29 is 22.7 Å². The molecule has 2 aliphatic heterocycles. The van der Waals surface area contributed by atoms with E-state index in [0.29, 0.717) is 67.4 Å². The van der Waals surface area contributed by atoms with Crippen molar-refractivity contribution in [1.29, 1.82) is 0 Å². The van der Waals surface area contributed by atoms with Gasteiger partial charge < -0.3 is 14.5 Å². The van der Waals surface area contributed by atoms with Gasteiger partial charge in [-0.15, -0.1) is 5.10 Å². The number of H-pyrrole nitrogens is 1. The summed E-state index contributed by atoms with van der Waals surface area (Å²) in [5.74, 6) is 1.01. The molecule has 1 spiro atoms. The lowest BCUT2D eigenvalue weighted by atomic mass is 9.77. The van der Waals surface area contributed by atoms with Crippen LogP contribution in [-0.2, 0) is 11.0 Å². The second-order valence-corrected chi connectivity index (χ2v) is 8.03. The number of alkyl halides is 3. The summed E-state index contributed by atoms with van der Waals surface area (Å²) < 4.78 is 43.5. The third-order valence-corrected chi connectivity index (χ3v) is 6.33. The van der Waals surface area contributed by atoms with Gasteiger partial charge >= 0.3 is 6.18 Å². The SMILES string of the molecule is COc1n[nH]c2nc(N3CCC4(CC3)CCN(c3ccc(C(F)(F)F)nc3)C4=O)cnc12. The number of amides is 1. The molecule has 168 valence electrons. The van der Waals surface area contributed by atoms with Crippen molar-refractivity contribution in [3.63, 3.8) is 0 Å². The van der Waals surface area contributed by atoms with Gasteiger partial charge in [-0.3, -0.25) is 9.89 Å². The Kier molecular flexibility index (Phi) is 4.68. The van der Waals surface area contributed by atoms with E-state index < -0.39 is 17.3 Å². The number of aromatic nitrogens is 5. The summed E-state index contributed by atoms with van der Waals surface area (Å²) in [6.07, 6.45) is 0.191. The van der Waals surface area contributed by atoms with Gasteiger partial charge in [-0.2, -0.15) is 13.2 Å². The zero-order valence-electron chi connectivity index (χ0n) is 17.2. The van der Waals surface area contributed by atoms with Gasteiger partial charge in [0.25, 0.3) is 5.88 Å². The van der Waals surface area contributed by atoms with Crippen LogP contribution >= 0.6 is 0 Å². The average Bonchev–Trinajstić information content (AvgIpc) is 3.34. The van der Waals surface area contributed by atoms with Crippen LogP contribution in [0.25, 0.3) is 11.2 Å². The molecule has 1 N–H and O–H groups in total. The van der Waals surface area contributed by atoms with Gasteiger partial charge in [0.15, 0.2) is 11.2 Å². The molecular formula is C20H20F3N7O2. The van der Waals surface area contributed by atoms with Crippen molar-refractivity contribution in [1.82, 2.24) is 25.1 Å². The van der Waals surface area contributed by atoms with Crippen LogP contribution < -0.4 is 14.5 Å². The molecule has 0 radical (unpaired) electrons. The zero-order valence-corrected chi connectivity index (χ0v) is 17.2. The average molecular weight is 447 g/mol. The molecule has 2 aliphatic rings. The smallest absolute Gasteiger partial charge is 0.433 e. The van der Waals surface area contributed by atoms with E-state index in [1.165, 1.54) is 13.2 Å². The van der Waals surface area contributed by atoms with E-state index in [4.69, 9.17) is 4.74 Å². The number of nitrogens with one attached hydrogen (secondary N) is 1. The lowest BCUT2D eigenvalue weighted by molar-refractivity contribution is -0.141. The fourth-order valence-corrected chi connectivity index (χ4v) is 4.47. The molecule has 0 atom stereocenters. The summed E-state index contributed by atoms with van der Waals surface area (Å²) in [4.78, 5) is 29.3. The predicted octanol–water partition coefficient (Wildman–Crippen LogP) is 2.80. The number of rotatable bonds is 3. The van der Waals surface area contributed by atoms with Gasteiger partial charge in [0.1, 0.15) is 11.5 Å². The number of pyridine rings is 1. The molecule has 12 heteroatoms. The quantitative estimate of drug-likeness (QED) is 0.659. The predicted molar refractivity (Wildman–Crippen MR) is 108 cm³/mol. The molecule has 0 aliphatic carbocycles. The summed E-state index contributed by atoms with van der Waals surface area (Å²) >= 11 is 0.